The molecule has 0 aromatic heterocycles. The molecule has 3 nitrogen and oxygen atoms in total. The standard InChI is InChI=1S/C14H28N2O/c1-3-16(4-2)12-14(17)11-15-10-9-13-7-5-6-8-13/h7,14-15,17H,3-6,8-12H2,1-2H3. The smallest absolute Gasteiger partial charge is 0.0791 e. The highest BCUT2D eigenvalue weighted by Crippen LogP contribution is 2.19. The first-order chi connectivity index (χ1) is 8.26. The SMILES string of the molecule is CCN(CC)CC(O)CNCCC1=CCCC1. The van der Waals surface area contributed by atoms with E-state index in [0.29, 0.717) is 6.54 Å². The first-order valence-electron chi connectivity index (χ1n) is 7.05. The highest BCUT2D eigenvalue weighted by molar-refractivity contribution is 5.07. The lowest BCUT2D eigenvalue weighted by Gasteiger charge is -2.22. The number of hydrogen-bond acceptors (Lipinski definition) is 3. The Labute approximate surface area is 106 Å². The molecule has 0 amide bonds. The van der Waals surface area contributed by atoms with Gasteiger partial charge < -0.3 is 15.3 Å². The van der Waals surface area contributed by atoms with Gasteiger partial charge in [0.2, 0.25) is 0 Å². The number of aliphatic hydroxyl groups excluding tert-OH is 1. The molecule has 0 fully saturated rings. The third kappa shape index (κ3) is 6.20. The van der Waals surface area contributed by atoms with E-state index in [-0.39, 0.29) is 6.10 Å². The fourth-order valence-electron chi connectivity index (χ4n) is 2.33. The van der Waals surface area contributed by atoms with Gasteiger partial charge in [0.05, 0.1) is 6.10 Å². The summed E-state index contributed by atoms with van der Waals surface area (Å²) in [6.07, 6.45) is 7.16. The van der Waals surface area contributed by atoms with Gasteiger partial charge in [0.1, 0.15) is 0 Å². The predicted octanol–water partition coefficient (Wildman–Crippen LogP) is 1.78. The van der Waals surface area contributed by atoms with E-state index in [1.54, 1.807) is 5.57 Å². The van der Waals surface area contributed by atoms with E-state index in [0.717, 1.165) is 32.6 Å². The molecule has 1 atom stereocenters. The van der Waals surface area contributed by atoms with Crippen LogP contribution in [0.3, 0.4) is 0 Å². The summed E-state index contributed by atoms with van der Waals surface area (Å²) in [5.41, 5.74) is 1.59. The van der Waals surface area contributed by atoms with Crippen LogP contribution in [0, 0.1) is 0 Å². The topological polar surface area (TPSA) is 35.5 Å². The number of rotatable bonds is 9. The van der Waals surface area contributed by atoms with Gasteiger partial charge in [-0.3, -0.25) is 0 Å². The van der Waals surface area contributed by atoms with Gasteiger partial charge >= 0.3 is 0 Å². The van der Waals surface area contributed by atoms with Crippen LogP contribution in [0.5, 0.6) is 0 Å². The Morgan fingerprint density at radius 3 is 2.76 bits per heavy atom. The van der Waals surface area contributed by atoms with Crippen LogP contribution >= 0.6 is 0 Å². The van der Waals surface area contributed by atoms with Gasteiger partial charge in [-0.2, -0.15) is 0 Å². The van der Waals surface area contributed by atoms with Crippen molar-refractivity contribution >= 4 is 0 Å². The van der Waals surface area contributed by atoms with Crippen LogP contribution in [0.4, 0.5) is 0 Å². The molecule has 0 spiro atoms. The molecule has 0 heterocycles. The molecule has 1 rings (SSSR count). The van der Waals surface area contributed by atoms with Crippen LogP contribution in [-0.2, 0) is 0 Å². The number of likely N-dealkylation sites (N-methyl/N-ethyl adjacent to an activating group) is 1. The van der Waals surface area contributed by atoms with Gasteiger partial charge in [-0.05, 0) is 45.3 Å². The Hall–Kier alpha value is -0.380. The van der Waals surface area contributed by atoms with Crippen LogP contribution in [0.2, 0.25) is 0 Å². The molecule has 100 valence electrons. The summed E-state index contributed by atoms with van der Waals surface area (Å²) in [5, 5.41) is 13.2. The Morgan fingerprint density at radius 2 is 2.18 bits per heavy atom. The molecule has 0 aromatic rings. The van der Waals surface area contributed by atoms with Gasteiger partial charge in [0.15, 0.2) is 0 Å². The molecule has 2 N–H and O–H groups in total. The van der Waals surface area contributed by atoms with Crippen molar-refractivity contribution in [3.8, 4) is 0 Å². The second-order valence-corrected chi connectivity index (χ2v) is 4.85. The van der Waals surface area contributed by atoms with Crippen LogP contribution in [0.15, 0.2) is 11.6 Å². The van der Waals surface area contributed by atoms with Crippen molar-refractivity contribution in [3.63, 3.8) is 0 Å². The van der Waals surface area contributed by atoms with Gasteiger partial charge in [-0.25, -0.2) is 0 Å². The van der Waals surface area contributed by atoms with E-state index in [1.165, 1.54) is 19.3 Å². The third-order valence-corrected chi connectivity index (χ3v) is 3.50. The maximum absolute atomic E-state index is 9.85. The molecule has 0 saturated carbocycles. The Kier molecular flexibility index (Phi) is 7.49. The van der Waals surface area contributed by atoms with Gasteiger partial charge in [-0.1, -0.05) is 25.5 Å². The van der Waals surface area contributed by atoms with Crippen molar-refractivity contribution in [2.75, 3.05) is 32.7 Å². The number of aliphatic hydroxyl groups is 1. The fraction of sp³-hybridized carbons (Fsp3) is 0.857. The molecular weight excluding hydrogens is 212 g/mol. The van der Waals surface area contributed by atoms with E-state index >= 15 is 0 Å². The largest absolute Gasteiger partial charge is 0.390 e. The number of nitrogens with one attached hydrogen (secondary N) is 1. The molecule has 3 heteroatoms. The zero-order valence-electron chi connectivity index (χ0n) is 11.4. The van der Waals surface area contributed by atoms with Gasteiger partial charge in [0.25, 0.3) is 0 Å². The highest BCUT2D eigenvalue weighted by atomic mass is 16.3. The fourth-order valence-corrected chi connectivity index (χ4v) is 2.33. The van der Waals surface area contributed by atoms with E-state index in [2.05, 4.69) is 30.1 Å². The summed E-state index contributed by atoms with van der Waals surface area (Å²) >= 11 is 0. The number of nitrogens with zero attached hydrogens (tertiary/aromatic N) is 1. The lowest BCUT2D eigenvalue weighted by Crippen LogP contribution is -2.38. The second-order valence-electron chi connectivity index (χ2n) is 4.85. The average Bonchev–Trinajstić information content (AvgIpc) is 2.84. The molecule has 1 aliphatic carbocycles. The monoisotopic (exact) mass is 240 g/mol. The minimum Gasteiger partial charge on any atom is -0.390 e. The quantitative estimate of drug-likeness (QED) is 0.476. The summed E-state index contributed by atoms with van der Waals surface area (Å²) in [6.45, 7) is 8.79. The molecule has 0 bridgehead atoms. The molecule has 0 radical (unpaired) electrons. The zero-order chi connectivity index (χ0) is 12.5. The van der Waals surface area contributed by atoms with Gasteiger partial charge in [-0.15, -0.1) is 0 Å². The second kappa shape index (κ2) is 8.67. The molecule has 1 aliphatic rings. The summed E-state index contributed by atoms with van der Waals surface area (Å²) in [6, 6.07) is 0. The minimum absolute atomic E-state index is 0.243. The van der Waals surface area contributed by atoms with E-state index in [1.807, 2.05) is 0 Å². The molecule has 0 aromatic carbocycles. The maximum Gasteiger partial charge on any atom is 0.0791 e. The molecule has 0 aliphatic heterocycles. The lowest BCUT2D eigenvalue weighted by molar-refractivity contribution is 0.117. The third-order valence-electron chi connectivity index (χ3n) is 3.50. The number of allylic oxidation sites excluding steroid dienone is 1. The summed E-state index contributed by atoms with van der Waals surface area (Å²) in [5.74, 6) is 0. The Bertz CT molecular complexity index is 224. The predicted molar refractivity (Wildman–Crippen MR) is 73.2 cm³/mol. The van der Waals surface area contributed by atoms with E-state index in [4.69, 9.17) is 0 Å². The number of hydrogen-bond donors (Lipinski definition) is 2. The van der Waals surface area contributed by atoms with Crippen LogP contribution in [0.1, 0.15) is 39.5 Å². The van der Waals surface area contributed by atoms with Crippen LogP contribution in [-0.4, -0.2) is 48.8 Å². The first-order valence-corrected chi connectivity index (χ1v) is 7.05. The normalized spacial score (nSPS) is 17.5. The minimum atomic E-state index is -0.243. The van der Waals surface area contributed by atoms with Crippen molar-refractivity contribution < 1.29 is 5.11 Å². The zero-order valence-corrected chi connectivity index (χ0v) is 11.4. The van der Waals surface area contributed by atoms with Crippen molar-refractivity contribution in [1.82, 2.24) is 10.2 Å². The van der Waals surface area contributed by atoms with Crippen molar-refractivity contribution in [2.45, 2.75) is 45.6 Å². The van der Waals surface area contributed by atoms with Crippen molar-refractivity contribution in [2.24, 2.45) is 0 Å². The summed E-state index contributed by atoms with van der Waals surface area (Å²) in [4.78, 5) is 2.26. The van der Waals surface area contributed by atoms with Crippen molar-refractivity contribution in [1.29, 1.82) is 0 Å². The van der Waals surface area contributed by atoms with Gasteiger partial charge in [0, 0.05) is 13.1 Å². The van der Waals surface area contributed by atoms with E-state index < -0.39 is 0 Å². The summed E-state index contributed by atoms with van der Waals surface area (Å²) in [7, 11) is 0. The summed E-state index contributed by atoms with van der Waals surface area (Å²) < 4.78 is 0. The molecule has 1 unspecified atom stereocenters. The van der Waals surface area contributed by atoms with Crippen LogP contribution < -0.4 is 5.32 Å². The lowest BCUT2D eigenvalue weighted by atomic mass is 10.1. The molecular formula is C14H28N2O. The Balaban J connectivity index is 2.01. The van der Waals surface area contributed by atoms with Crippen molar-refractivity contribution in [3.05, 3.63) is 11.6 Å². The molecule has 0 saturated heterocycles. The van der Waals surface area contributed by atoms with Crippen LogP contribution in [0.25, 0.3) is 0 Å². The highest BCUT2D eigenvalue weighted by Gasteiger charge is 2.08. The average molecular weight is 240 g/mol. The Morgan fingerprint density at radius 1 is 1.41 bits per heavy atom. The molecule has 17 heavy (non-hydrogen) atoms. The first kappa shape index (κ1) is 14.7. The maximum atomic E-state index is 9.85. The van der Waals surface area contributed by atoms with E-state index in [9.17, 15) is 5.11 Å².